The monoisotopic (exact) mass is 296 g/mol. The van der Waals surface area contributed by atoms with E-state index in [-0.39, 0.29) is 11.9 Å². The van der Waals surface area contributed by atoms with E-state index in [1.54, 1.807) is 20.8 Å². The van der Waals surface area contributed by atoms with Gasteiger partial charge in [-0.2, -0.15) is 5.21 Å². The largest absolute Gasteiger partial charge is 0.444 e. The molecule has 9 heteroatoms. The molecule has 2 rings (SSSR count). The summed E-state index contributed by atoms with van der Waals surface area (Å²) in [6.45, 7) is 5.82. The predicted octanol–water partition coefficient (Wildman–Crippen LogP) is 0.610. The molecule has 1 aliphatic heterocycles. The van der Waals surface area contributed by atoms with E-state index in [4.69, 9.17) is 4.74 Å². The van der Waals surface area contributed by atoms with E-state index in [2.05, 4.69) is 25.9 Å². The molecular formula is C12H20N6O3. The highest BCUT2D eigenvalue weighted by molar-refractivity contribution is 5.97. The van der Waals surface area contributed by atoms with Gasteiger partial charge in [-0.3, -0.25) is 9.69 Å². The molecule has 0 bridgehead atoms. The summed E-state index contributed by atoms with van der Waals surface area (Å²) in [5, 5.41) is 16.0. The second-order valence-corrected chi connectivity index (χ2v) is 5.90. The fourth-order valence-corrected chi connectivity index (χ4v) is 2.09. The number of tetrazole rings is 1. The van der Waals surface area contributed by atoms with Crippen molar-refractivity contribution in [1.82, 2.24) is 25.9 Å². The van der Waals surface area contributed by atoms with Crippen LogP contribution in [-0.4, -0.2) is 50.8 Å². The Kier molecular flexibility index (Phi) is 4.39. The van der Waals surface area contributed by atoms with Crippen molar-refractivity contribution in [2.24, 2.45) is 0 Å². The van der Waals surface area contributed by atoms with Crippen LogP contribution >= 0.6 is 0 Å². The highest BCUT2D eigenvalue weighted by atomic mass is 16.6. The van der Waals surface area contributed by atoms with Crippen LogP contribution in [0.4, 0.5) is 10.7 Å². The van der Waals surface area contributed by atoms with Crippen LogP contribution in [0.2, 0.25) is 0 Å². The van der Waals surface area contributed by atoms with Crippen LogP contribution in [0.15, 0.2) is 0 Å². The molecule has 0 aromatic carbocycles. The van der Waals surface area contributed by atoms with Crippen LogP contribution in [0.5, 0.6) is 0 Å². The molecule has 2 heterocycles. The van der Waals surface area contributed by atoms with Gasteiger partial charge in [-0.05, 0) is 45.2 Å². The molecule has 1 saturated heterocycles. The molecule has 0 aliphatic carbocycles. The van der Waals surface area contributed by atoms with Crippen LogP contribution in [0, 0.1) is 0 Å². The zero-order valence-corrected chi connectivity index (χ0v) is 12.4. The van der Waals surface area contributed by atoms with Crippen molar-refractivity contribution in [3.8, 4) is 0 Å². The highest BCUT2D eigenvalue weighted by Gasteiger charge is 2.32. The number of alkyl carbamates (subject to hydrolysis) is 1. The Morgan fingerprint density at radius 1 is 1.43 bits per heavy atom. The predicted molar refractivity (Wildman–Crippen MR) is 73.5 cm³/mol. The smallest absolute Gasteiger partial charge is 0.408 e. The first-order valence-electron chi connectivity index (χ1n) is 6.91. The molecule has 1 atom stereocenters. The lowest BCUT2D eigenvalue weighted by molar-refractivity contribution is -0.120. The van der Waals surface area contributed by atoms with Gasteiger partial charge < -0.3 is 10.1 Å². The number of hydrogen-bond donors (Lipinski definition) is 2. The van der Waals surface area contributed by atoms with Gasteiger partial charge in [0.2, 0.25) is 0 Å². The standard InChI is InChI=1S/C12H20N6O3/c1-12(2,3)21-11(20)13-8-6-4-5-7-18(9(8)19)10-14-16-17-15-10/h8H,4-7H2,1-3H3,(H,13,20)(H,14,15,16,17)/t8-/m0/s1. The van der Waals surface area contributed by atoms with E-state index in [1.807, 2.05) is 0 Å². The number of carbonyl (C=O) groups excluding carboxylic acids is 2. The van der Waals surface area contributed by atoms with Gasteiger partial charge >= 0.3 is 6.09 Å². The van der Waals surface area contributed by atoms with Crippen molar-refractivity contribution in [2.45, 2.75) is 51.7 Å². The number of ether oxygens (including phenoxy) is 1. The Balaban J connectivity index is 2.05. The first-order chi connectivity index (χ1) is 9.87. The molecular weight excluding hydrogens is 276 g/mol. The SMILES string of the molecule is CC(C)(C)OC(=O)N[C@H]1CCCCN(c2nn[nH]n2)C1=O. The lowest BCUT2D eigenvalue weighted by atomic mass is 10.1. The van der Waals surface area contributed by atoms with Crippen LogP contribution in [0.3, 0.4) is 0 Å². The fourth-order valence-electron chi connectivity index (χ4n) is 2.09. The fraction of sp³-hybridized carbons (Fsp3) is 0.750. The third kappa shape index (κ3) is 4.14. The van der Waals surface area contributed by atoms with Gasteiger partial charge in [0.1, 0.15) is 11.6 Å². The Bertz CT molecular complexity index is 496. The molecule has 0 radical (unpaired) electrons. The number of aromatic amines is 1. The average molecular weight is 296 g/mol. The summed E-state index contributed by atoms with van der Waals surface area (Å²) < 4.78 is 5.18. The number of anilines is 1. The number of aromatic nitrogens is 4. The minimum absolute atomic E-state index is 0.220. The number of H-pyrrole nitrogens is 1. The molecule has 2 N–H and O–H groups in total. The van der Waals surface area contributed by atoms with Gasteiger partial charge in [0.15, 0.2) is 0 Å². The summed E-state index contributed by atoms with van der Waals surface area (Å²) in [4.78, 5) is 25.7. The van der Waals surface area contributed by atoms with Gasteiger partial charge in [0.05, 0.1) is 0 Å². The van der Waals surface area contributed by atoms with Crippen molar-refractivity contribution in [3.05, 3.63) is 0 Å². The van der Waals surface area contributed by atoms with Gasteiger partial charge in [0, 0.05) is 6.54 Å². The molecule has 21 heavy (non-hydrogen) atoms. The van der Waals surface area contributed by atoms with Gasteiger partial charge in [0.25, 0.3) is 11.9 Å². The van der Waals surface area contributed by atoms with Crippen LogP contribution in [-0.2, 0) is 9.53 Å². The minimum Gasteiger partial charge on any atom is -0.444 e. The molecule has 0 saturated carbocycles. The summed E-state index contributed by atoms with van der Waals surface area (Å²) in [5.74, 6) is -0.0300. The second kappa shape index (κ2) is 6.06. The topological polar surface area (TPSA) is 113 Å². The third-order valence-corrected chi connectivity index (χ3v) is 2.96. The van der Waals surface area contributed by atoms with Crippen molar-refractivity contribution in [1.29, 1.82) is 0 Å². The molecule has 1 aromatic heterocycles. The summed E-state index contributed by atoms with van der Waals surface area (Å²) >= 11 is 0. The first-order valence-corrected chi connectivity index (χ1v) is 6.91. The molecule has 1 aromatic rings. The Labute approximate surface area is 122 Å². The Hall–Kier alpha value is -2.19. The number of hydrogen-bond acceptors (Lipinski definition) is 6. The molecule has 2 amide bonds. The maximum atomic E-state index is 12.5. The lowest BCUT2D eigenvalue weighted by Gasteiger charge is -2.24. The summed E-state index contributed by atoms with van der Waals surface area (Å²) in [6, 6.07) is -0.638. The molecule has 9 nitrogen and oxygen atoms in total. The van der Waals surface area contributed by atoms with E-state index in [0.717, 1.165) is 12.8 Å². The summed E-state index contributed by atoms with van der Waals surface area (Å²) in [6.07, 6.45) is 1.59. The van der Waals surface area contributed by atoms with E-state index in [9.17, 15) is 9.59 Å². The van der Waals surface area contributed by atoms with Crippen molar-refractivity contribution < 1.29 is 14.3 Å². The summed E-state index contributed by atoms with van der Waals surface area (Å²) in [7, 11) is 0. The van der Waals surface area contributed by atoms with Gasteiger partial charge in [-0.15, -0.1) is 5.10 Å². The number of amides is 2. The number of nitrogens with zero attached hydrogens (tertiary/aromatic N) is 4. The molecule has 1 fully saturated rings. The maximum Gasteiger partial charge on any atom is 0.408 e. The van der Waals surface area contributed by atoms with Gasteiger partial charge in [-0.25, -0.2) is 4.79 Å². The highest BCUT2D eigenvalue weighted by Crippen LogP contribution is 2.17. The number of carbonyl (C=O) groups is 2. The van der Waals surface area contributed by atoms with E-state index in [1.165, 1.54) is 4.90 Å². The van der Waals surface area contributed by atoms with E-state index < -0.39 is 17.7 Å². The molecule has 0 spiro atoms. The molecule has 1 aliphatic rings. The van der Waals surface area contributed by atoms with Gasteiger partial charge in [-0.1, -0.05) is 5.10 Å². The third-order valence-electron chi connectivity index (χ3n) is 2.96. The first kappa shape index (κ1) is 15.2. The van der Waals surface area contributed by atoms with Crippen LogP contribution < -0.4 is 10.2 Å². The number of nitrogens with one attached hydrogen (secondary N) is 2. The Morgan fingerprint density at radius 2 is 2.19 bits per heavy atom. The maximum absolute atomic E-state index is 12.5. The quantitative estimate of drug-likeness (QED) is 0.826. The average Bonchev–Trinajstić information content (AvgIpc) is 2.82. The second-order valence-electron chi connectivity index (χ2n) is 5.90. The van der Waals surface area contributed by atoms with Crippen LogP contribution in [0.1, 0.15) is 40.0 Å². The zero-order valence-electron chi connectivity index (χ0n) is 12.4. The van der Waals surface area contributed by atoms with Crippen molar-refractivity contribution in [2.75, 3.05) is 11.4 Å². The molecule has 0 unspecified atom stereocenters. The normalized spacial score (nSPS) is 20.0. The number of rotatable bonds is 2. The molecule has 116 valence electrons. The lowest BCUT2D eigenvalue weighted by Crippen LogP contribution is -2.49. The van der Waals surface area contributed by atoms with Crippen molar-refractivity contribution in [3.63, 3.8) is 0 Å². The summed E-state index contributed by atoms with van der Waals surface area (Å²) in [5.41, 5.74) is -0.606. The van der Waals surface area contributed by atoms with E-state index in [0.29, 0.717) is 13.0 Å². The Morgan fingerprint density at radius 3 is 2.81 bits per heavy atom. The zero-order chi connectivity index (χ0) is 15.5. The van der Waals surface area contributed by atoms with E-state index >= 15 is 0 Å². The van der Waals surface area contributed by atoms with Crippen molar-refractivity contribution >= 4 is 17.9 Å². The minimum atomic E-state index is -0.638. The van der Waals surface area contributed by atoms with Crippen LogP contribution in [0.25, 0.3) is 0 Å².